The second-order valence-corrected chi connectivity index (χ2v) is 4.87. The van der Waals surface area contributed by atoms with Gasteiger partial charge in [0.25, 0.3) is 0 Å². The summed E-state index contributed by atoms with van der Waals surface area (Å²) in [7, 11) is -0.855. The summed E-state index contributed by atoms with van der Waals surface area (Å²) in [5, 5.41) is 11.7. The minimum atomic E-state index is -1.01. The molecule has 0 saturated carbocycles. The predicted octanol–water partition coefficient (Wildman–Crippen LogP) is 0.757. The molecule has 0 saturated heterocycles. The molecule has 1 rings (SSSR count). The summed E-state index contributed by atoms with van der Waals surface area (Å²) in [5.41, 5.74) is 6.87. The maximum atomic E-state index is 10.8. The average Bonchev–Trinajstić information content (AvgIpc) is 2.19. The third-order valence-electron chi connectivity index (χ3n) is 2.00. The molecule has 1 aromatic rings. The number of anilines is 2. The second kappa shape index (κ2) is 5.50. The van der Waals surface area contributed by atoms with Crippen molar-refractivity contribution in [1.29, 1.82) is 0 Å². The third-order valence-corrected chi connectivity index (χ3v) is 2.78. The lowest BCUT2D eigenvalue weighted by Gasteiger charge is -2.08. The summed E-state index contributed by atoms with van der Waals surface area (Å²) in [4.78, 5) is 10.7. The van der Waals surface area contributed by atoms with Crippen LogP contribution in [0.3, 0.4) is 0 Å². The molecular weight excluding hydrogens is 228 g/mol. The number of rotatable bonds is 5. The Hall–Kier alpha value is -1.56. The first-order valence-corrected chi connectivity index (χ1v) is 6.40. The van der Waals surface area contributed by atoms with E-state index in [0.717, 1.165) is 0 Å². The molecule has 1 unspecified atom stereocenters. The summed E-state index contributed by atoms with van der Waals surface area (Å²) in [6, 6.07) is 4.48. The number of carboxylic acids is 1. The molecule has 0 radical (unpaired) electrons. The molecule has 5 nitrogen and oxygen atoms in total. The molecule has 0 aromatic heterocycles. The van der Waals surface area contributed by atoms with Gasteiger partial charge in [0.1, 0.15) is 0 Å². The van der Waals surface area contributed by atoms with Crippen LogP contribution in [0.1, 0.15) is 10.4 Å². The summed E-state index contributed by atoms with van der Waals surface area (Å²) >= 11 is 0. The highest BCUT2D eigenvalue weighted by atomic mass is 32.2. The van der Waals surface area contributed by atoms with Gasteiger partial charge in [-0.05, 0) is 18.2 Å². The summed E-state index contributed by atoms with van der Waals surface area (Å²) < 4.78 is 10.8. The Morgan fingerprint density at radius 3 is 2.75 bits per heavy atom. The molecule has 0 bridgehead atoms. The van der Waals surface area contributed by atoms with E-state index >= 15 is 0 Å². The fourth-order valence-electron chi connectivity index (χ4n) is 1.19. The molecule has 0 aliphatic heterocycles. The van der Waals surface area contributed by atoms with Crippen molar-refractivity contribution in [3.8, 4) is 0 Å². The molecule has 0 aliphatic rings. The van der Waals surface area contributed by atoms with Crippen molar-refractivity contribution < 1.29 is 14.1 Å². The molecule has 1 atom stereocenters. The topological polar surface area (TPSA) is 92.4 Å². The lowest BCUT2D eigenvalue weighted by molar-refractivity contribution is 0.0697. The Bertz CT molecular complexity index is 421. The van der Waals surface area contributed by atoms with Gasteiger partial charge in [-0.2, -0.15) is 0 Å². The van der Waals surface area contributed by atoms with E-state index in [-0.39, 0.29) is 5.56 Å². The third kappa shape index (κ3) is 3.54. The number of carboxylic acid groups (broad SMARTS) is 1. The van der Waals surface area contributed by atoms with Crippen molar-refractivity contribution in [3.05, 3.63) is 23.8 Å². The Balaban J connectivity index is 2.68. The van der Waals surface area contributed by atoms with Crippen LogP contribution in [0.15, 0.2) is 18.2 Å². The van der Waals surface area contributed by atoms with Gasteiger partial charge in [0.2, 0.25) is 0 Å². The maximum Gasteiger partial charge on any atom is 0.335 e. The quantitative estimate of drug-likeness (QED) is 0.663. The highest BCUT2D eigenvalue weighted by Crippen LogP contribution is 2.19. The second-order valence-electron chi connectivity index (χ2n) is 3.31. The zero-order chi connectivity index (χ0) is 12.1. The Labute approximate surface area is 96.1 Å². The highest BCUT2D eigenvalue weighted by Gasteiger charge is 2.05. The highest BCUT2D eigenvalue weighted by molar-refractivity contribution is 7.84. The molecule has 0 heterocycles. The van der Waals surface area contributed by atoms with Gasteiger partial charge in [-0.3, -0.25) is 4.21 Å². The molecule has 88 valence electrons. The van der Waals surface area contributed by atoms with Crippen molar-refractivity contribution in [2.45, 2.75) is 0 Å². The number of carbonyl (C=O) groups is 1. The van der Waals surface area contributed by atoms with Crippen molar-refractivity contribution in [2.24, 2.45) is 0 Å². The van der Waals surface area contributed by atoms with E-state index in [2.05, 4.69) is 5.32 Å². The van der Waals surface area contributed by atoms with Crippen LogP contribution in [-0.2, 0) is 10.8 Å². The van der Waals surface area contributed by atoms with E-state index in [9.17, 15) is 9.00 Å². The average molecular weight is 242 g/mol. The SMILES string of the molecule is CS(=O)CCNc1ccc(C(=O)O)cc1N. The smallest absolute Gasteiger partial charge is 0.335 e. The minimum absolute atomic E-state index is 0.155. The van der Waals surface area contributed by atoms with Crippen molar-refractivity contribution in [1.82, 2.24) is 0 Å². The van der Waals surface area contributed by atoms with E-state index < -0.39 is 16.8 Å². The number of nitrogen functional groups attached to an aromatic ring is 1. The first-order valence-electron chi connectivity index (χ1n) is 4.67. The van der Waals surface area contributed by atoms with Crippen molar-refractivity contribution in [3.63, 3.8) is 0 Å². The van der Waals surface area contributed by atoms with Crippen molar-refractivity contribution >= 4 is 28.1 Å². The Kier molecular flexibility index (Phi) is 4.30. The van der Waals surface area contributed by atoms with E-state index in [1.807, 2.05) is 0 Å². The van der Waals surface area contributed by atoms with E-state index in [1.165, 1.54) is 12.1 Å². The van der Waals surface area contributed by atoms with Crippen LogP contribution in [0.5, 0.6) is 0 Å². The van der Waals surface area contributed by atoms with E-state index in [0.29, 0.717) is 23.7 Å². The summed E-state index contributed by atoms with van der Waals surface area (Å²) in [6.45, 7) is 0.541. The Morgan fingerprint density at radius 2 is 2.25 bits per heavy atom. The van der Waals surface area contributed by atoms with Crippen LogP contribution in [0.25, 0.3) is 0 Å². The monoisotopic (exact) mass is 242 g/mol. The fraction of sp³-hybridized carbons (Fsp3) is 0.300. The van der Waals surface area contributed by atoms with Gasteiger partial charge >= 0.3 is 5.97 Å². The zero-order valence-electron chi connectivity index (χ0n) is 8.90. The van der Waals surface area contributed by atoms with Gasteiger partial charge in [0.15, 0.2) is 0 Å². The molecular formula is C10H14N2O3S. The number of hydrogen-bond donors (Lipinski definition) is 3. The van der Waals surface area contributed by atoms with Gasteiger partial charge in [0.05, 0.1) is 16.9 Å². The van der Waals surface area contributed by atoms with Gasteiger partial charge in [-0.1, -0.05) is 0 Å². The van der Waals surface area contributed by atoms with Crippen molar-refractivity contribution in [2.75, 3.05) is 29.6 Å². The minimum Gasteiger partial charge on any atom is -0.478 e. The van der Waals surface area contributed by atoms with Gasteiger partial charge in [-0.15, -0.1) is 0 Å². The molecule has 4 N–H and O–H groups in total. The van der Waals surface area contributed by atoms with E-state index in [4.69, 9.17) is 10.8 Å². The van der Waals surface area contributed by atoms with Crippen LogP contribution in [-0.4, -0.2) is 33.8 Å². The van der Waals surface area contributed by atoms with Crippen LogP contribution in [0.4, 0.5) is 11.4 Å². The van der Waals surface area contributed by atoms with E-state index in [1.54, 1.807) is 12.3 Å². The van der Waals surface area contributed by atoms with Crippen LogP contribution < -0.4 is 11.1 Å². The molecule has 0 spiro atoms. The molecule has 0 fully saturated rings. The van der Waals surface area contributed by atoms with Crippen LogP contribution >= 0.6 is 0 Å². The lowest BCUT2D eigenvalue weighted by atomic mass is 10.2. The van der Waals surface area contributed by atoms with Crippen LogP contribution in [0.2, 0.25) is 0 Å². The molecule has 0 amide bonds. The maximum absolute atomic E-state index is 10.8. The van der Waals surface area contributed by atoms with Gasteiger partial charge in [0, 0.05) is 29.4 Å². The number of nitrogens with two attached hydrogens (primary N) is 1. The Morgan fingerprint density at radius 1 is 1.56 bits per heavy atom. The van der Waals surface area contributed by atoms with Gasteiger partial charge < -0.3 is 16.2 Å². The largest absolute Gasteiger partial charge is 0.478 e. The molecule has 16 heavy (non-hydrogen) atoms. The zero-order valence-corrected chi connectivity index (χ0v) is 9.71. The summed E-state index contributed by atoms with van der Waals surface area (Å²) in [5.74, 6) is -0.479. The number of hydrogen-bond acceptors (Lipinski definition) is 4. The first-order chi connectivity index (χ1) is 7.50. The first kappa shape index (κ1) is 12.5. The molecule has 0 aliphatic carbocycles. The lowest BCUT2D eigenvalue weighted by Crippen LogP contribution is -2.11. The van der Waals surface area contributed by atoms with Gasteiger partial charge in [-0.25, -0.2) is 4.79 Å². The standard InChI is InChI=1S/C10H14N2O3S/c1-16(15)5-4-12-9-3-2-7(10(13)14)6-8(9)11/h2-3,6,12H,4-5,11H2,1H3,(H,13,14). The summed E-state index contributed by atoms with van der Waals surface area (Å²) in [6.07, 6.45) is 1.62. The predicted molar refractivity (Wildman–Crippen MR) is 65.2 cm³/mol. The normalized spacial score (nSPS) is 12.1. The molecule has 1 aromatic carbocycles. The molecule has 6 heteroatoms. The fourth-order valence-corrected chi connectivity index (χ4v) is 1.58. The number of nitrogens with one attached hydrogen (secondary N) is 1. The number of benzene rings is 1. The van der Waals surface area contributed by atoms with Crippen LogP contribution in [0, 0.1) is 0 Å². The number of aromatic carboxylic acids is 1.